The van der Waals surface area contributed by atoms with Crippen molar-refractivity contribution in [2.75, 3.05) is 0 Å². The normalized spacial score (nSPS) is 15.1. The molecule has 0 unspecified atom stereocenters. The van der Waals surface area contributed by atoms with Crippen molar-refractivity contribution in [1.82, 2.24) is 0 Å². The topological polar surface area (TPSA) is 46.2 Å². The highest BCUT2D eigenvalue weighted by atomic mass is 16.3. The van der Waals surface area contributed by atoms with E-state index in [1.807, 2.05) is 42.5 Å². The van der Waals surface area contributed by atoms with Gasteiger partial charge in [-0.15, -0.1) is 0 Å². The molecule has 2 heteroatoms. The van der Waals surface area contributed by atoms with Gasteiger partial charge in [-0.2, -0.15) is 0 Å². The maximum atomic E-state index is 9.51. The molecule has 15 heavy (non-hydrogen) atoms. The maximum Gasteiger partial charge on any atom is 0.0704 e. The zero-order chi connectivity index (χ0) is 10.8. The Labute approximate surface area is 89.3 Å². The summed E-state index contributed by atoms with van der Waals surface area (Å²) in [5, 5.41) is 11.8. The van der Waals surface area contributed by atoms with Crippen LogP contribution in [0.25, 0.3) is 10.8 Å². The van der Waals surface area contributed by atoms with Gasteiger partial charge in [0.15, 0.2) is 0 Å². The van der Waals surface area contributed by atoms with E-state index in [9.17, 15) is 5.11 Å². The fourth-order valence-electron chi connectivity index (χ4n) is 1.80. The summed E-state index contributed by atoms with van der Waals surface area (Å²) in [6, 6.07) is 13.7. The number of hydrogen-bond acceptors (Lipinski definition) is 2. The number of nitrogens with two attached hydrogens (primary N) is 1. The molecule has 0 fully saturated rings. The van der Waals surface area contributed by atoms with Crippen molar-refractivity contribution in [1.29, 1.82) is 0 Å². The molecule has 2 atom stereocenters. The molecule has 0 heterocycles. The van der Waals surface area contributed by atoms with E-state index < -0.39 is 6.10 Å². The predicted octanol–water partition coefficient (Wildman–Crippen LogP) is 2.22. The summed E-state index contributed by atoms with van der Waals surface area (Å²) in [7, 11) is 0. The van der Waals surface area contributed by atoms with Crippen LogP contribution in [0.4, 0.5) is 0 Å². The van der Waals surface area contributed by atoms with E-state index in [4.69, 9.17) is 5.73 Å². The maximum absolute atomic E-state index is 9.51. The molecule has 2 nitrogen and oxygen atoms in total. The van der Waals surface area contributed by atoms with E-state index in [-0.39, 0.29) is 6.04 Å². The lowest BCUT2D eigenvalue weighted by Crippen LogP contribution is -2.23. The van der Waals surface area contributed by atoms with Gasteiger partial charge in [-0.05, 0) is 23.3 Å². The molecule has 0 spiro atoms. The van der Waals surface area contributed by atoms with Gasteiger partial charge >= 0.3 is 0 Å². The van der Waals surface area contributed by atoms with Gasteiger partial charge in [-0.25, -0.2) is 0 Å². The summed E-state index contributed by atoms with van der Waals surface area (Å²) < 4.78 is 0. The molecule has 0 saturated heterocycles. The Morgan fingerprint density at radius 2 is 1.73 bits per heavy atom. The van der Waals surface area contributed by atoms with Crippen LogP contribution in [0.3, 0.4) is 0 Å². The Bertz CT molecular complexity index is 460. The largest absolute Gasteiger partial charge is 0.391 e. The van der Waals surface area contributed by atoms with Gasteiger partial charge in [0, 0.05) is 0 Å². The van der Waals surface area contributed by atoms with Gasteiger partial charge < -0.3 is 10.8 Å². The van der Waals surface area contributed by atoms with Crippen LogP contribution in [0.1, 0.15) is 18.5 Å². The minimum Gasteiger partial charge on any atom is -0.391 e. The van der Waals surface area contributed by atoms with E-state index in [0.29, 0.717) is 0 Å². The summed E-state index contributed by atoms with van der Waals surface area (Å²) in [5.74, 6) is 0. The van der Waals surface area contributed by atoms with Gasteiger partial charge in [0.1, 0.15) is 0 Å². The smallest absolute Gasteiger partial charge is 0.0704 e. The summed E-state index contributed by atoms with van der Waals surface area (Å²) in [6.07, 6.45) is -0.532. The molecular formula is C13H15NO. The monoisotopic (exact) mass is 201 g/mol. The van der Waals surface area contributed by atoms with Crippen LogP contribution in [0.5, 0.6) is 0 Å². The van der Waals surface area contributed by atoms with Crippen molar-refractivity contribution in [3.63, 3.8) is 0 Å². The first kappa shape index (κ1) is 10.1. The standard InChI is InChI=1S/C13H15NO/c1-9(15)13(14)12-8-4-6-10-5-2-3-7-11(10)12/h2-9,13,15H,14H2,1H3/t9-,13-/m1/s1. The van der Waals surface area contributed by atoms with Crippen LogP contribution >= 0.6 is 0 Å². The molecule has 2 aromatic carbocycles. The van der Waals surface area contributed by atoms with E-state index in [1.165, 1.54) is 0 Å². The Balaban J connectivity index is 2.60. The number of hydrogen-bond donors (Lipinski definition) is 2. The highest BCUT2D eigenvalue weighted by Crippen LogP contribution is 2.24. The fourth-order valence-corrected chi connectivity index (χ4v) is 1.80. The number of fused-ring (bicyclic) bond motifs is 1. The fraction of sp³-hybridized carbons (Fsp3) is 0.231. The summed E-state index contributed by atoms with van der Waals surface area (Å²) in [6.45, 7) is 1.71. The lowest BCUT2D eigenvalue weighted by Gasteiger charge is -2.17. The second-order valence-electron chi connectivity index (χ2n) is 3.83. The highest BCUT2D eigenvalue weighted by molar-refractivity contribution is 5.86. The second-order valence-corrected chi connectivity index (χ2v) is 3.83. The zero-order valence-corrected chi connectivity index (χ0v) is 8.72. The van der Waals surface area contributed by atoms with Crippen LogP contribution in [-0.2, 0) is 0 Å². The minimum absolute atomic E-state index is 0.323. The third kappa shape index (κ3) is 1.87. The first-order valence-corrected chi connectivity index (χ1v) is 5.11. The van der Waals surface area contributed by atoms with E-state index >= 15 is 0 Å². The number of benzene rings is 2. The third-order valence-corrected chi connectivity index (χ3v) is 2.70. The quantitative estimate of drug-likeness (QED) is 0.782. The molecule has 0 aliphatic rings. The van der Waals surface area contributed by atoms with E-state index in [0.717, 1.165) is 16.3 Å². The molecule has 0 aliphatic heterocycles. The average Bonchev–Trinajstić information content (AvgIpc) is 2.27. The van der Waals surface area contributed by atoms with Crippen molar-refractivity contribution < 1.29 is 5.11 Å². The van der Waals surface area contributed by atoms with Crippen molar-refractivity contribution in [2.45, 2.75) is 19.1 Å². The molecule has 0 amide bonds. The first-order chi connectivity index (χ1) is 7.20. The summed E-state index contributed by atoms with van der Waals surface area (Å²) >= 11 is 0. The minimum atomic E-state index is -0.532. The Hall–Kier alpha value is -1.38. The lowest BCUT2D eigenvalue weighted by molar-refractivity contribution is 0.165. The second kappa shape index (κ2) is 4.01. The molecule has 0 radical (unpaired) electrons. The summed E-state index contributed by atoms with van der Waals surface area (Å²) in [4.78, 5) is 0. The molecule has 0 aromatic heterocycles. The summed E-state index contributed by atoms with van der Waals surface area (Å²) in [5.41, 5.74) is 6.96. The Kier molecular flexibility index (Phi) is 2.71. The van der Waals surface area contributed by atoms with Crippen LogP contribution in [0, 0.1) is 0 Å². The van der Waals surface area contributed by atoms with Gasteiger partial charge in [-0.3, -0.25) is 0 Å². The average molecular weight is 201 g/mol. The number of aliphatic hydroxyl groups is 1. The van der Waals surface area contributed by atoms with Gasteiger partial charge in [-0.1, -0.05) is 42.5 Å². The molecule has 0 aliphatic carbocycles. The van der Waals surface area contributed by atoms with Crippen LogP contribution in [0.15, 0.2) is 42.5 Å². The molecule has 0 saturated carbocycles. The van der Waals surface area contributed by atoms with Gasteiger partial charge in [0.2, 0.25) is 0 Å². The molecule has 2 aromatic rings. The SMILES string of the molecule is C[C@@H](O)[C@@H](N)c1cccc2ccccc12. The van der Waals surface area contributed by atoms with Crippen molar-refractivity contribution in [2.24, 2.45) is 5.73 Å². The number of rotatable bonds is 2. The highest BCUT2D eigenvalue weighted by Gasteiger charge is 2.13. The zero-order valence-electron chi connectivity index (χ0n) is 8.72. The molecule has 78 valence electrons. The Morgan fingerprint density at radius 1 is 1.07 bits per heavy atom. The molecular weight excluding hydrogens is 186 g/mol. The van der Waals surface area contributed by atoms with Crippen molar-refractivity contribution >= 4 is 10.8 Å². The van der Waals surface area contributed by atoms with Gasteiger partial charge in [0.05, 0.1) is 12.1 Å². The predicted molar refractivity (Wildman–Crippen MR) is 62.6 cm³/mol. The van der Waals surface area contributed by atoms with Crippen LogP contribution in [0.2, 0.25) is 0 Å². The lowest BCUT2D eigenvalue weighted by atomic mass is 9.97. The Morgan fingerprint density at radius 3 is 2.47 bits per heavy atom. The molecule has 2 rings (SSSR count). The molecule has 0 bridgehead atoms. The van der Waals surface area contributed by atoms with E-state index in [2.05, 4.69) is 0 Å². The number of aliphatic hydroxyl groups excluding tert-OH is 1. The van der Waals surface area contributed by atoms with Gasteiger partial charge in [0.25, 0.3) is 0 Å². The van der Waals surface area contributed by atoms with Crippen molar-refractivity contribution in [3.8, 4) is 0 Å². The third-order valence-electron chi connectivity index (χ3n) is 2.70. The van der Waals surface area contributed by atoms with Crippen molar-refractivity contribution in [3.05, 3.63) is 48.0 Å². The van der Waals surface area contributed by atoms with Crippen LogP contribution in [-0.4, -0.2) is 11.2 Å². The first-order valence-electron chi connectivity index (χ1n) is 5.11. The van der Waals surface area contributed by atoms with Crippen LogP contribution < -0.4 is 5.73 Å². The van der Waals surface area contributed by atoms with E-state index in [1.54, 1.807) is 6.92 Å². The molecule has 3 N–H and O–H groups in total.